The van der Waals surface area contributed by atoms with Crippen molar-refractivity contribution in [3.63, 3.8) is 0 Å². The molecule has 0 bridgehead atoms. The quantitative estimate of drug-likeness (QED) is 0.182. The molecule has 3 aromatic carbocycles. The molecule has 0 fully saturated rings. The van der Waals surface area contributed by atoms with E-state index in [2.05, 4.69) is 10.3 Å². The first-order valence-electron chi connectivity index (χ1n) is 14.1. The van der Waals surface area contributed by atoms with Crippen LogP contribution < -0.4 is 20.5 Å². The number of nitrogen functional groups attached to an aromatic ring is 1. The Labute approximate surface area is 260 Å². The van der Waals surface area contributed by atoms with Gasteiger partial charge in [0.25, 0.3) is 5.91 Å². The summed E-state index contributed by atoms with van der Waals surface area (Å²) in [5, 5.41) is 14.9. The van der Waals surface area contributed by atoms with Gasteiger partial charge in [0.1, 0.15) is 17.7 Å². The molecule has 1 heterocycles. The number of sulfone groups is 1. The Hall–Kier alpha value is -4.91. The van der Waals surface area contributed by atoms with Crippen LogP contribution in [0.1, 0.15) is 43.5 Å². The van der Waals surface area contributed by atoms with Gasteiger partial charge in [-0.1, -0.05) is 32.0 Å². The van der Waals surface area contributed by atoms with Crippen molar-refractivity contribution in [3.05, 3.63) is 83.8 Å². The zero-order valence-corrected chi connectivity index (χ0v) is 26.1. The number of hydrogen-bond acceptors (Lipinski definition) is 9. The number of methoxy groups -OCH3 is 2. The molecular formula is C32H35FN4O7S. The molecule has 2 atom stereocenters. The van der Waals surface area contributed by atoms with Crippen LogP contribution in [0.2, 0.25) is 0 Å². The van der Waals surface area contributed by atoms with E-state index in [1.165, 1.54) is 57.7 Å². The van der Waals surface area contributed by atoms with Gasteiger partial charge in [-0.2, -0.15) is 0 Å². The largest absolute Gasteiger partial charge is 0.493 e. The Kier molecular flexibility index (Phi) is 10.1. The summed E-state index contributed by atoms with van der Waals surface area (Å²) in [4.78, 5) is 32.4. The minimum atomic E-state index is -3.87. The number of hydrogen-bond donors (Lipinski definition) is 3. The number of nitrogens with one attached hydrogen (secondary N) is 1. The lowest BCUT2D eigenvalue weighted by Crippen LogP contribution is -2.44. The Balaban J connectivity index is 1.92. The molecule has 0 saturated heterocycles. The summed E-state index contributed by atoms with van der Waals surface area (Å²) >= 11 is 0. The molecule has 0 unspecified atom stereocenters. The van der Waals surface area contributed by atoms with Gasteiger partial charge in [-0.3, -0.25) is 4.79 Å². The van der Waals surface area contributed by atoms with E-state index in [0.29, 0.717) is 28.7 Å². The van der Waals surface area contributed by atoms with Gasteiger partial charge in [-0.25, -0.2) is 22.6 Å². The number of carboxylic acid groups (broad SMARTS) is 1. The van der Waals surface area contributed by atoms with Gasteiger partial charge in [-0.15, -0.1) is 0 Å². The second-order valence-corrected chi connectivity index (χ2v) is 12.4. The van der Waals surface area contributed by atoms with E-state index in [1.54, 1.807) is 31.2 Å². The summed E-state index contributed by atoms with van der Waals surface area (Å²) in [5.41, 5.74) is 6.18. The fraction of sp³-hybridized carbons (Fsp3) is 0.281. The number of ether oxygens (including phenoxy) is 2. The number of nitrogens with two attached hydrogens (primary N) is 1. The zero-order valence-electron chi connectivity index (χ0n) is 25.3. The smallest absolute Gasteiger partial charge is 0.331 e. The van der Waals surface area contributed by atoms with Gasteiger partial charge in [0, 0.05) is 41.0 Å². The fourth-order valence-corrected chi connectivity index (χ4v) is 6.31. The summed E-state index contributed by atoms with van der Waals surface area (Å²) < 4.78 is 52.4. The number of amides is 1. The molecule has 0 radical (unpaired) electrons. The third-order valence-electron chi connectivity index (χ3n) is 7.39. The summed E-state index contributed by atoms with van der Waals surface area (Å²) in [6.07, 6.45) is 1.85. The second kappa shape index (κ2) is 13.8. The van der Waals surface area contributed by atoms with Crippen LogP contribution in [0.15, 0.2) is 71.8 Å². The van der Waals surface area contributed by atoms with Crippen LogP contribution in [0.4, 0.5) is 15.9 Å². The maximum Gasteiger partial charge on any atom is 0.331 e. The van der Waals surface area contributed by atoms with Gasteiger partial charge in [-0.05, 0) is 48.2 Å². The number of carbonyl (C=O) groups is 2. The molecule has 0 aliphatic heterocycles. The minimum Gasteiger partial charge on any atom is -0.493 e. The molecule has 13 heteroatoms. The number of aliphatic carboxylic acids is 1. The van der Waals surface area contributed by atoms with Gasteiger partial charge in [0.2, 0.25) is 0 Å². The summed E-state index contributed by atoms with van der Waals surface area (Å²) in [6.45, 7) is 3.11. The van der Waals surface area contributed by atoms with Crippen LogP contribution in [-0.4, -0.2) is 61.8 Å². The summed E-state index contributed by atoms with van der Waals surface area (Å²) in [7, 11) is -1.17. The van der Waals surface area contributed by atoms with Crippen LogP contribution in [0, 0.1) is 5.82 Å². The van der Waals surface area contributed by atoms with E-state index < -0.39 is 39.6 Å². The summed E-state index contributed by atoms with van der Waals surface area (Å²) in [5.74, 6) is -2.82. The number of benzene rings is 3. The number of halogens is 1. The molecule has 0 aliphatic carbocycles. The summed E-state index contributed by atoms with van der Waals surface area (Å²) in [6, 6.07) is 11.6. The highest BCUT2D eigenvalue weighted by Crippen LogP contribution is 2.37. The van der Waals surface area contributed by atoms with Crippen molar-refractivity contribution >= 4 is 44.0 Å². The van der Waals surface area contributed by atoms with Crippen LogP contribution in [-0.2, 0) is 19.4 Å². The number of nitrogens with zero attached hydrogens (tertiary/aromatic N) is 2. The van der Waals surface area contributed by atoms with Crippen LogP contribution in [0.25, 0.3) is 10.8 Å². The van der Waals surface area contributed by atoms with E-state index in [0.717, 1.165) is 11.0 Å². The van der Waals surface area contributed by atoms with E-state index in [9.17, 15) is 23.1 Å². The van der Waals surface area contributed by atoms with Crippen molar-refractivity contribution in [1.29, 1.82) is 0 Å². The average Bonchev–Trinajstić information content (AvgIpc) is 3.03. The molecule has 45 heavy (non-hydrogen) atoms. The highest BCUT2D eigenvalue weighted by molar-refractivity contribution is 7.91. The van der Waals surface area contributed by atoms with Gasteiger partial charge in [0.15, 0.2) is 27.4 Å². The third-order valence-corrected chi connectivity index (χ3v) is 9.19. The van der Waals surface area contributed by atoms with E-state index >= 15 is 4.39 Å². The standard InChI is InChI=1S/C32H35FN4O7S/c1-5-15-37(29(32(39)40)22-9-7-8-10-27(22)45(41,42)6-2)31(38)28(23-17-25(43-3)26(44-4)18-24(23)33)36-20-11-12-21-19(16-20)13-14-35-30(21)34/h7-14,16-18,28-29,36H,5-6,15H2,1-4H3,(H2,34,35)(H,39,40)/t28-,29-/m0/s1. The highest BCUT2D eigenvalue weighted by atomic mass is 32.2. The zero-order chi connectivity index (χ0) is 32.9. The number of anilines is 2. The number of fused-ring (bicyclic) bond motifs is 1. The molecule has 11 nitrogen and oxygen atoms in total. The normalized spacial score (nSPS) is 12.7. The Morgan fingerprint density at radius 2 is 1.71 bits per heavy atom. The Bertz CT molecular complexity index is 1830. The molecule has 0 saturated carbocycles. The first kappa shape index (κ1) is 33.0. The maximum absolute atomic E-state index is 15.8. The van der Waals surface area contributed by atoms with E-state index in [1.807, 2.05) is 0 Å². The van der Waals surface area contributed by atoms with Crippen LogP contribution in [0.5, 0.6) is 11.5 Å². The maximum atomic E-state index is 15.8. The lowest BCUT2D eigenvalue weighted by atomic mass is 9.99. The number of pyridine rings is 1. The highest BCUT2D eigenvalue weighted by Gasteiger charge is 2.39. The molecule has 0 aliphatic rings. The third kappa shape index (κ3) is 6.78. The molecule has 0 spiro atoms. The fourth-order valence-electron chi connectivity index (χ4n) is 5.17. The molecule has 4 aromatic rings. The van der Waals surface area contributed by atoms with E-state index in [-0.39, 0.29) is 39.8 Å². The van der Waals surface area contributed by atoms with Gasteiger partial charge in [0.05, 0.1) is 24.9 Å². The van der Waals surface area contributed by atoms with Crippen molar-refractivity contribution in [2.45, 2.75) is 37.2 Å². The lowest BCUT2D eigenvalue weighted by molar-refractivity contribution is -0.151. The molecular weight excluding hydrogens is 603 g/mol. The number of carbonyl (C=O) groups excluding carboxylic acids is 1. The monoisotopic (exact) mass is 638 g/mol. The Morgan fingerprint density at radius 3 is 2.36 bits per heavy atom. The van der Waals surface area contributed by atoms with Crippen molar-refractivity contribution in [2.24, 2.45) is 0 Å². The average molecular weight is 639 g/mol. The number of rotatable bonds is 13. The number of carboxylic acids is 1. The second-order valence-electron chi connectivity index (χ2n) is 10.2. The van der Waals surface area contributed by atoms with Crippen LogP contribution >= 0.6 is 0 Å². The SMILES string of the molecule is CCCN(C(=O)[C@@H](Nc1ccc2c(N)nccc2c1)c1cc(OC)c(OC)cc1F)[C@H](C(=O)O)c1ccccc1S(=O)(=O)CC. The van der Waals surface area contributed by atoms with Crippen molar-refractivity contribution in [2.75, 3.05) is 37.6 Å². The molecule has 1 amide bonds. The van der Waals surface area contributed by atoms with Crippen molar-refractivity contribution in [3.8, 4) is 11.5 Å². The van der Waals surface area contributed by atoms with E-state index in [4.69, 9.17) is 15.2 Å². The molecule has 238 valence electrons. The predicted octanol–water partition coefficient (Wildman–Crippen LogP) is 4.98. The van der Waals surface area contributed by atoms with Crippen molar-refractivity contribution in [1.82, 2.24) is 9.88 Å². The first-order valence-corrected chi connectivity index (χ1v) is 15.8. The van der Waals surface area contributed by atoms with Crippen molar-refractivity contribution < 1.29 is 37.0 Å². The lowest BCUT2D eigenvalue weighted by Gasteiger charge is -2.34. The topological polar surface area (TPSA) is 161 Å². The predicted molar refractivity (Wildman–Crippen MR) is 169 cm³/mol. The molecule has 1 aromatic heterocycles. The first-order chi connectivity index (χ1) is 21.5. The van der Waals surface area contributed by atoms with Gasteiger partial charge < -0.3 is 30.5 Å². The van der Waals surface area contributed by atoms with Crippen LogP contribution in [0.3, 0.4) is 0 Å². The minimum absolute atomic E-state index is 0.0751. The molecule has 4 rings (SSSR count). The Morgan fingerprint density at radius 1 is 1.02 bits per heavy atom. The van der Waals surface area contributed by atoms with Gasteiger partial charge >= 0.3 is 5.97 Å². The molecule has 4 N–H and O–H groups in total. The number of aromatic nitrogens is 1.